The Morgan fingerprint density at radius 3 is 2.71 bits per heavy atom. The molecule has 0 fully saturated rings. The highest BCUT2D eigenvalue weighted by Crippen LogP contribution is 2.34. The topological polar surface area (TPSA) is 78.0 Å². The van der Waals surface area contributed by atoms with E-state index in [9.17, 15) is 14.9 Å². The number of hydrogen-bond donors (Lipinski definition) is 0. The largest absolute Gasteiger partial charge is 0.328 e. The molecule has 0 bridgehead atoms. The molecular formula is C14H15N3O3S. The third-order valence-electron chi connectivity index (χ3n) is 3.04. The van der Waals surface area contributed by atoms with Crippen molar-refractivity contribution in [1.29, 1.82) is 0 Å². The summed E-state index contributed by atoms with van der Waals surface area (Å²) in [6.45, 7) is 4.03. The molecule has 0 aliphatic carbocycles. The van der Waals surface area contributed by atoms with E-state index in [4.69, 9.17) is 0 Å². The number of benzene rings is 1. The predicted molar refractivity (Wildman–Crippen MR) is 79.9 cm³/mol. The zero-order valence-corrected chi connectivity index (χ0v) is 12.8. The quantitative estimate of drug-likeness (QED) is 0.480. The molecule has 0 N–H and O–H groups in total. The van der Waals surface area contributed by atoms with E-state index >= 15 is 0 Å². The molecule has 0 spiro atoms. The molecule has 0 atom stereocenters. The van der Waals surface area contributed by atoms with Crippen molar-refractivity contribution >= 4 is 23.7 Å². The summed E-state index contributed by atoms with van der Waals surface area (Å²) in [6, 6.07) is 6.38. The van der Waals surface area contributed by atoms with Gasteiger partial charge in [-0.15, -0.1) is 0 Å². The number of nitro benzene ring substituents is 1. The average Bonchev–Trinajstić information content (AvgIpc) is 2.75. The van der Waals surface area contributed by atoms with Crippen LogP contribution in [-0.2, 0) is 7.05 Å². The van der Waals surface area contributed by atoms with Gasteiger partial charge in [-0.1, -0.05) is 31.7 Å². The molecule has 1 heterocycles. The maximum atomic E-state index is 11.0. The molecule has 0 aliphatic rings. The van der Waals surface area contributed by atoms with Crippen molar-refractivity contribution < 1.29 is 9.72 Å². The van der Waals surface area contributed by atoms with Crippen LogP contribution in [0.1, 0.15) is 36.1 Å². The highest BCUT2D eigenvalue weighted by atomic mass is 32.2. The number of nitrogens with zero attached hydrogens (tertiary/aromatic N) is 3. The van der Waals surface area contributed by atoms with Gasteiger partial charge in [-0.05, 0) is 12.0 Å². The Bertz CT molecular complexity index is 695. The van der Waals surface area contributed by atoms with Gasteiger partial charge in [-0.2, -0.15) is 0 Å². The van der Waals surface area contributed by atoms with Gasteiger partial charge in [0.05, 0.1) is 10.6 Å². The van der Waals surface area contributed by atoms with E-state index < -0.39 is 4.92 Å². The van der Waals surface area contributed by atoms with Crippen LogP contribution in [0.3, 0.4) is 0 Å². The molecule has 2 rings (SSSR count). The fraction of sp³-hybridized carbons (Fsp3) is 0.286. The molecule has 0 saturated heterocycles. The van der Waals surface area contributed by atoms with E-state index in [-0.39, 0.29) is 11.6 Å². The lowest BCUT2D eigenvalue weighted by atomic mass is 10.1. The Balaban J connectivity index is 2.41. The second-order valence-electron chi connectivity index (χ2n) is 4.85. The smallest absolute Gasteiger partial charge is 0.270 e. The minimum Gasteiger partial charge on any atom is -0.328 e. The normalized spacial score (nSPS) is 10.9. The van der Waals surface area contributed by atoms with Crippen LogP contribution >= 0.6 is 11.8 Å². The summed E-state index contributed by atoms with van der Waals surface area (Å²) in [5.74, 6) is 0.545. The summed E-state index contributed by atoms with van der Waals surface area (Å²) >= 11 is 1.33. The minimum absolute atomic E-state index is 0.0395. The zero-order valence-electron chi connectivity index (χ0n) is 11.9. The number of nitro groups is 1. The van der Waals surface area contributed by atoms with Crippen molar-refractivity contribution in [2.75, 3.05) is 0 Å². The second kappa shape index (κ2) is 6.09. The molecule has 1 aromatic carbocycles. The number of hydrogen-bond acceptors (Lipinski definition) is 5. The van der Waals surface area contributed by atoms with E-state index in [0.717, 1.165) is 10.6 Å². The monoisotopic (exact) mass is 305 g/mol. The number of aromatic nitrogens is 2. The first-order chi connectivity index (χ1) is 9.93. The van der Waals surface area contributed by atoms with Crippen molar-refractivity contribution in [3.05, 3.63) is 45.9 Å². The maximum Gasteiger partial charge on any atom is 0.270 e. The Hall–Kier alpha value is -2.15. The van der Waals surface area contributed by atoms with Crippen molar-refractivity contribution in [2.24, 2.45) is 7.05 Å². The SMILES string of the molecule is CC(C)c1c(Sc2cccc([N+](=O)[O-])c2)nc(C=O)n1C. The molecule has 0 unspecified atom stereocenters. The maximum absolute atomic E-state index is 11.0. The van der Waals surface area contributed by atoms with Gasteiger partial charge < -0.3 is 4.57 Å². The van der Waals surface area contributed by atoms with E-state index in [0.29, 0.717) is 17.1 Å². The Morgan fingerprint density at radius 1 is 1.43 bits per heavy atom. The first kappa shape index (κ1) is 15.2. The fourth-order valence-corrected chi connectivity index (χ4v) is 3.26. The third kappa shape index (κ3) is 3.13. The first-order valence-electron chi connectivity index (χ1n) is 6.38. The van der Waals surface area contributed by atoms with E-state index in [1.165, 1.54) is 23.9 Å². The van der Waals surface area contributed by atoms with E-state index in [2.05, 4.69) is 4.98 Å². The molecule has 7 heteroatoms. The van der Waals surface area contributed by atoms with E-state index in [1.807, 2.05) is 13.8 Å². The fourth-order valence-electron chi connectivity index (χ4n) is 2.09. The molecule has 6 nitrogen and oxygen atoms in total. The number of non-ortho nitro benzene ring substituents is 1. The molecule has 0 amide bonds. The molecule has 1 aromatic heterocycles. The van der Waals surface area contributed by atoms with Gasteiger partial charge >= 0.3 is 0 Å². The number of carbonyl (C=O) groups is 1. The van der Waals surface area contributed by atoms with Gasteiger partial charge in [0, 0.05) is 24.1 Å². The van der Waals surface area contributed by atoms with Crippen LogP contribution in [0.2, 0.25) is 0 Å². The van der Waals surface area contributed by atoms with Gasteiger partial charge in [0.1, 0.15) is 5.03 Å². The lowest BCUT2D eigenvalue weighted by Gasteiger charge is -2.09. The van der Waals surface area contributed by atoms with Gasteiger partial charge in [0.25, 0.3) is 5.69 Å². The summed E-state index contributed by atoms with van der Waals surface area (Å²) < 4.78 is 1.76. The van der Waals surface area contributed by atoms with E-state index in [1.54, 1.807) is 23.7 Å². The molecule has 21 heavy (non-hydrogen) atoms. The standard InChI is InChI=1S/C14H15N3O3S/c1-9(2)13-14(15-12(8-18)16(13)3)21-11-6-4-5-10(7-11)17(19)20/h4-9H,1-3H3. The summed E-state index contributed by atoms with van der Waals surface area (Å²) in [5.41, 5.74) is 0.978. The van der Waals surface area contributed by atoms with Gasteiger partial charge in [0.2, 0.25) is 0 Å². The molecule has 2 aromatic rings. The molecule has 0 radical (unpaired) electrons. The van der Waals surface area contributed by atoms with Crippen molar-refractivity contribution in [2.45, 2.75) is 29.7 Å². The highest BCUT2D eigenvalue weighted by Gasteiger charge is 2.18. The number of carbonyl (C=O) groups excluding carboxylic acids is 1. The number of rotatable bonds is 5. The lowest BCUT2D eigenvalue weighted by Crippen LogP contribution is -2.02. The Kier molecular flexibility index (Phi) is 4.42. The van der Waals surface area contributed by atoms with Crippen LogP contribution in [0.5, 0.6) is 0 Å². The molecule has 110 valence electrons. The average molecular weight is 305 g/mol. The molecule has 0 saturated carbocycles. The van der Waals surface area contributed by atoms with Crippen LogP contribution in [0.15, 0.2) is 34.2 Å². The van der Waals surface area contributed by atoms with Crippen LogP contribution in [-0.4, -0.2) is 20.8 Å². The van der Waals surface area contributed by atoms with Gasteiger partial charge in [0.15, 0.2) is 12.1 Å². The van der Waals surface area contributed by atoms with Crippen molar-refractivity contribution in [1.82, 2.24) is 9.55 Å². The van der Waals surface area contributed by atoms with Crippen LogP contribution in [0.25, 0.3) is 0 Å². The predicted octanol–water partition coefficient (Wildman–Crippen LogP) is 3.42. The lowest BCUT2D eigenvalue weighted by molar-refractivity contribution is -0.385. The first-order valence-corrected chi connectivity index (χ1v) is 7.19. The minimum atomic E-state index is -0.428. The Morgan fingerprint density at radius 2 is 2.14 bits per heavy atom. The summed E-state index contributed by atoms with van der Waals surface area (Å²) in [4.78, 5) is 26.4. The second-order valence-corrected chi connectivity index (χ2v) is 5.91. The van der Waals surface area contributed by atoms with Crippen LogP contribution < -0.4 is 0 Å². The summed E-state index contributed by atoms with van der Waals surface area (Å²) in [6.07, 6.45) is 0.712. The van der Waals surface area contributed by atoms with Gasteiger partial charge in [-0.3, -0.25) is 14.9 Å². The molecular weight excluding hydrogens is 290 g/mol. The number of aldehydes is 1. The highest BCUT2D eigenvalue weighted by molar-refractivity contribution is 7.99. The third-order valence-corrected chi connectivity index (χ3v) is 4.02. The van der Waals surface area contributed by atoms with Gasteiger partial charge in [-0.25, -0.2) is 4.98 Å². The van der Waals surface area contributed by atoms with Crippen LogP contribution in [0.4, 0.5) is 5.69 Å². The molecule has 0 aliphatic heterocycles. The van der Waals surface area contributed by atoms with Crippen LogP contribution in [0, 0.1) is 10.1 Å². The zero-order chi connectivity index (χ0) is 15.6. The number of imidazole rings is 1. The summed E-state index contributed by atoms with van der Waals surface area (Å²) in [7, 11) is 1.80. The Labute approximate surface area is 126 Å². The van der Waals surface area contributed by atoms with Crippen molar-refractivity contribution in [3.63, 3.8) is 0 Å². The van der Waals surface area contributed by atoms with Crippen molar-refractivity contribution in [3.8, 4) is 0 Å². The summed E-state index contributed by atoms with van der Waals surface area (Å²) in [5, 5.41) is 11.5.